The van der Waals surface area contributed by atoms with E-state index >= 15 is 0 Å². The highest BCUT2D eigenvalue weighted by atomic mass is 127. The summed E-state index contributed by atoms with van der Waals surface area (Å²) in [6, 6.07) is 23.2. The van der Waals surface area contributed by atoms with Crippen LogP contribution in [0.4, 0.5) is 0 Å². The van der Waals surface area contributed by atoms with Gasteiger partial charge in [0.15, 0.2) is 6.29 Å². The molecule has 0 fully saturated rings. The number of nitrogens with one attached hydrogen (secondary N) is 8. The second-order valence-electron chi connectivity index (χ2n) is 21.9. The predicted molar refractivity (Wildman–Crippen MR) is 433 cm³/mol. The number of guanidine groups is 4. The van der Waals surface area contributed by atoms with Crippen molar-refractivity contribution in [1.29, 1.82) is 0 Å². The van der Waals surface area contributed by atoms with Gasteiger partial charge in [-0.1, -0.05) is 79.1 Å². The molecule has 0 saturated carbocycles. The summed E-state index contributed by atoms with van der Waals surface area (Å²) in [5, 5.41) is 47.7. The molecule has 4 aromatic heterocycles. The van der Waals surface area contributed by atoms with Crippen LogP contribution in [0.15, 0.2) is 157 Å². The van der Waals surface area contributed by atoms with E-state index in [4.69, 9.17) is 68.2 Å². The molecule has 0 aliphatic rings. The smallest absolute Gasteiger partial charge is 0.328 e. The average molecular weight is 1580 g/mol. The number of carboxylic acids is 4. The lowest BCUT2D eigenvalue weighted by Crippen LogP contribution is -2.37. The maximum atomic E-state index is 10.6. The van der Waals surface area contributed by atoms with Gasteiger partial charge in [-0.05, 0) is 98.5 Å². The number of halogens is 1. The minimum absolute atomic E-state index is 0. The fraction of sp³-hybridized carbons (Fsp3) is 0.333. The number of benzene rings is 4. The van der Waals surface area contributed by atoms with Gasteiger partial charge in [-0.25, -0.2) is 41.3 Å². The third-order valence-corrected chi connectivity index (χ3v) is 14.0. The maximum Gasteiger partial charge on any atom is 0.328 e. The fourth-order valence-electron chi connectivity index (χ4n) is 8.60. The van der Waals surface area contributed by atoms with Crippen LogP contribution in [0.2, 0.25) is 0 Å². The summed E-state index contributed by atoms with van der Waals surface area (Å²) in [4.78, 5) is 78.0. The van der Waals surface area contributed by atoms with Gasteiger partial charge in [-0.15, -0.1) is 24.0 Å². The molecule has 0 spiro atoms. The van der Waals surface area contributed by atoms with Gasteiger partial charge < -0.3 is 82.2 Å². The summed E-state index contributed by atoms with van der Waals surface area (Å²) in [5.41, 5.74) is 40.6. The molecule has 4 heterocycles. The Morgan fingerprint density at radius 3 is 0.849 bits per heavy atom. The van der Waals surface area contributed by atoms with Crippen LogP contribution in [0, 0.1) is 0 Å². The zero-order valence-electron chi connectivity index (χ0n) is 61.1. The Labute approximate surface area is 632 Å². The first-order valence-electron chi connectivity index (χ1n) is 33.5. The largest absolute Gasteiger partial charge is 0.497 e. The molecule has 8 aromatic rings. The molecule has 0 amide bonds. The molecule has 576 valence electrons. The van der Waals surface area contributed by atoms with E-state index in [1.165, 1.54) is 32.1 Å². The van der Waals surface area contributed by atoms with Crippen molar-refractivity contribution < 1.29 is 63.3 Å². The number of hydrazine groups is 1. The Kier molecular flexibility index (Phi) is 48.3. The molecule has 0 aliphatic carbocycles. The molecule has 0 bridgehead atoms. The molecule has 0 aliphatic heterocycles. The number of carbonyl (C=O) groups excluding carboxylic acids is 1. The van der Waals surface area contributed by atoms with E-state index in [2.05, 4.69) is 105 Å². The van der Waals surface area contributed by atoms with E-state index in [9.17, 15) is 24.0 Å². The van der Waals surface area contributed by atoms with Crippen molar-refractivity contribution in [3.05, 3.63) is 144 Å². The highest BCUT2D eigenvalue weighted by Crippen LogP contribution is 2.26. The van der Waals surface area contributed by atoms with Gasteiger partial charge in [-0.2, -0.15) is 15.3 Å². The number of rotatable bonds is 31. The molecule has 0 radical (unpaired) electrons. The van der Waals surface area contributed by atoms with Crippen molar-refractivity contribution in [2.75, 3.05) is 54.6 Å². The highest BCUT2D eigenvalue weighted by Gasteiger charge is 2.08. The quantitative estimate of drug-likeness (QED) is 0.00281. The maximum absolute atomic E-state index is 10.6. The number of hydrogen-bond acceptors (Lipinski definition) is 17. The summed E-state index contributed by atoms with van der Waals surface area (Å²) in [7, 11) is 6.56. The Balaban J connectivity index is 0.000000641. The molecule has 0 atom stereocenters. The Bertz CT molecular complexity index is 3850. The van der Waals surface area contributed by atoms with Crippen LogP contribution in [0.5, 0.6) is 23.0 Å². The summed E-state index contributed by atoms with van der Waals surface area (Å²) >= 11 is 0. The van der Waals surface area contributed by atoms with Crippen molar-refractivity contribution in [1.82, 2.24) is 41.6 Å². The van der Waals surface area contributed by atoms with E-state index in [0.717, 1.165) is 161 Å². The average Bonchev–Trinajstić information content (AvgIpc) is 1.70. The normalized spacial score (nSPS) is 11.4. The molecular formula is C72H103IN20O13. The number of nitrogens with two attached hydrogens (primary N) is 5. The first-order chi connectivity index (χ1) is 50.6. The minimum atomic E-state index is -1.26. The van der Waals surface area contributed by atoms with Gasteiger partial charge in [0.05, 0.1) is 47.1 Å². The van der Waals surface area contributed by atoms with E-state index in [1.54, 1.807) is 53.3 Å². The molecule has 0 unspecified atom stereocenters. The van der Waals surface area contributed by atoms with E-state index in [1.807, 2.05) is 91.4 Å². The number of hydrazone groups is 3. The number of aliphatic carboxylic acids is 4. The summed E-state index contributed by atoms with van der Waals surface area (Å²) in [5.74, 6) is 4.48. The highest BCUT2D eigenvalue weighted by molar-refractivity contribution is 14.0. The first kappa shape index (κ1) is 92.1. The Hall–Kier alpha value is -12.0. The molecule has 4 aromatic carbocycles. The number of aliphatic imine (C=N–C) groups is 4. The second-order valence-corrected chi connectivity index (χ2v) is 21.9. The van der Waals surface area contributed by atoms with E-state index in [0.29, 0.717) is 53.7 Å². The number of methoxy groups -OCH3 is 4. The third-order valence-electron chi connectivity index (χ3n) is 14.0. The topological polar surface area (TPSA) is 531 Å². The Morgan fingerprint density at radius 2 is 0.632 bits per heavy atom. The van der Waals surface area contributed by atoms with Gasteiger partial charge in [0.2, 0.25) is 23.8 Å². The van der Waals surface area contributed by atoms with Crippen LogP contribution in [-0.2, 0) is 19.2 Å². The van der Waals surface area contributed by atoms with Crippen molar-refractivity contribution in [2.45, 2.75) is 105 Å². The number of carbonyl (C=O) groups is 5. The standard InChI is InChI=1S/3C16H23N5O.C10H9NO2.C6H16N4.2C4H4O4.HI/c3*1-3-4-5-8-18-16(17)21-20-11-12-10-19-15-7-6-13(22-2)9-14(12)15;1-13-8-2-3-10-9(4-8)7(6-12)5-11-10;1-2-3-4-5-9-6(7)10-8;2*5-3(6)1-2-4(7)8;/h3*6-7,9-11,19H,3-5,8H2,1-2H3,(H3,17,18,21);2-6,11H,1H3;2-5,8H2,1H3,(H3,7,9,10);2*1-2H,(H,5,6)(H,7,8);1H/b3*20-11+;;;2*2-1-;. The number of aldehydes is 1. The molecule has 106 heavy (non-hydrogen) atoms. The van der Waals surface area contributed by atoms with Crippen LogP contribution in [0.1, 0.15) is 132 Å². The summed E-state index contributed by atoms with van der Waals surface area (Å²) in [6.07, 6.45) is 29.2. The lowest BCUT2D eigenvalue weighted by molar-refractivity contribution is -0.134. The lowest BCUT2D eigenvalue weighted by Gasteiger charge is -2.00. The number of fused-ring (bicyclic) bond motifs is 4. The predicted octanol–water partition coefficient (Wildman–Crippen LogP) is 9.80. The number of H-pyrrole nitrogens is 4. The van der Waals surface area contributed by atoms with Crippen molar-refractivity contribution in [3.8, 4) is 23.0 Å². The summed E-state index contributed by atoms with van der Waals surface area (Å²) in [6.45, 7) is 11.6. The monoisotopic (exact) mass is 1580 g/mol. The molecule has 34 heteroatoms. The number of ether oxygens (including phenoxy) is 4. The Morgan fingerprint density at radius 1 is 0.396 bits per heavy atom. The number of nitrogens with zero attached hydrogens (tertiary/aromatic N) is 7. The van der Waals surface area contributed by atoms with Crippen molar-refractivity contribution >= 4 is 140 Å². The van der Waals surface area contributed by atoms with Gasteiger partial charge in [-0.3, -0.25) is 30.2 Å². The van der Waals surface area contributed by atoms with Crippen LogP contribution < -0.4 is 69.4 Å². The van der Waals surface area contributed by atoms with E-state index < -0.39 is 23.9 Å². The third kappa shape index (κ3) is 38.9. The molecule has 22 N–H and O–H groups in total. The summed E-state index contributed by atoms with van der Waals surface area (Å²) < 4.78 is 20.8. The van der Waals surface area contributed by atoms with Crippen molar-refractivity contribution in [3.63, 3.8) is 0 Å². The van der Waals surface area contributed by atoms with Crippen LogP contribution in [-0.4, -0.2) is 168 Å². The number of aromatic amines is 4. The zero-order valence-corrected chi connectivity index (χ0v) is 63.4. The number of hydrogen-bond donors (Lipinski definition) is 17. The number of carboxylic acid groups (broad SMARTS) is 4. The van der Waals surface area contributed by atoms with Crippen LogP contribution in [0.25, 0.3) is 43.6 Å². The van der Waals surface area contributed by atoms with Gasteiger partial charge >= 0.3 is 23.9 Å². The lowest BCUT2D eigenvalue weighted by atomic mass is 10.2. The molecule has 33 nitrogen and oxygen atoms in total. The zero-order chi connectivity index (χ0) is 77.6. The fourth-order valence-corrected chi connectivity index (χ4v) is 8.60. The van der Waals surface area contributed by atoms with Gasteiger partial charge in [0.25, 0.3) is 0 Å². The van der Waals surface area contributed by atoms with Crippen LogP contribution >= 0.6 is 24.0 Å². The SMILES string of the molecule is CCCCCN=C(N)N/N=C/c1c[nH]c2ccc(OC)cc12.CCCCCN=C(N)N/N=C/c1c[nH]c2ccc(OC)cc12.CCCCCN=C(N)N/N=C/c1c[nH]c2ccc(OC)cc12.CCCCCN=C(N)NN.COc1ccc2[nH]cc(C=O)c2c1.I.O=C(O)/C=C\C(=O)O.O=C(O)/C=C\C(=O)O. The second kappa shape index (κ2) is 55.6. The van der Waals surface area contributed by atoms with Gasteiger partial charge in [0.1, 0.15) is 23.0 Å². The minimum Gasteiger partial charge on any atom is -0.497 e. The molecule has 0 saturated heterocycles. The molecular weight excluding hydrogens is 1480 g/mol. The van der Waals surface area contributed by atoms with Gasteiger partial charge in [0, 0.05) is 141 Å². The van der Waals surface area contributed by atoms with E-state index in [-0.39, 0.29) is 24.0 Å². The van der Waals surface area contributed by atoms with Crippen LogP contribution in [0.3, 0.4) is 0 Å². The first-order valence-corrected chi connectivity index (χ1v) is 33.5. The number of aromatic nitrogens is 4. The number of unbranched alkanes of at least 4 members (excludes halogenated alkanes) is 8. The van der Waals surface area contributed by atoms with Crippen molar-refractivity contribution in [2.24, 2.45) is 64.1 Å². The molecule has 8 rings (SSSR count).